The number of piperazine rings is 1. The molecule has 1 saturated heterocycles. The fourth-order valence-electron chi connectivity index (χ4n) is 3.27. The molecule has 1 fully saturated rings. The van der Waals surface area contributed by atoms with Crippen molar-refractivity contribution in [1.29, 1.82) is 0 Å². The monoisotopic (exact) mass is 406 g/mol. The van der Waals surface area contributed by atoms with Gasteiger partial charge in [0.1, 0.15) is 5.03 Å². The fourth-order valence-corrected chi connectivity index (χ4v) is 3.84. The second-order valence-electron chi connectivity index (χ2n) is 6.65. The van der Waals surface area contributed by atoms with Gasteiger partial charge in [0.2, 0.25) is 0 Å². The number of rotatable bonds is 7. The number of nitrogens with zero attached hydrogens (tertiary/aromatic N) is 3. The fraction of sp³-hybridized carbons (Fsp3) is 0.400. The number of amides is 1. The summed E-state index contributed by atoms with van der Waals surface area (Å²) in [6.45, 7) is 6.20. The molecule has 1 amide bonds. The zero-order chi connectivity index (χ0) is 19.9. The number of anilines is 1. The SMILES string of the molecule is CC(CNC(=O)c1cccnc1SC(F)F)N1CCN(c2ccccc2)CC1. The van der Waals surface area contributed by atoms with E-state index in [-0.39, 0.29) is 22.5 Å². The molecule has 2 heterocycles. The summed E-state index contributed by atoms with van der Waals surface area (Å²) in [7, 11) is 0. The highest BCUT2D eigenvalue weighted by molar-refractivity contribution is 7.99. The Morgan fingerprint density at radius 2 is 1.86 bits per heavy atom. The maximum absolute atomic E-state index is 12.7. The summed E-state index contributed by atoms with van der Waals surface area (Å²) in [5.41, 5.74) is 1.41. The van der Waals surface area contributed by atoms with Crippen molar-refractivity contribution in [2.45, 2.75) is 23.7 Å². The number of hydrogen-bond acceptors (Lipinski definition) is 5. The zero-order valence-corrected chi connectivity index (χ0v) is 16.5. The highest BCUT2D eigenvalue weighted by Crippen LogP contribution is 2.26. The molecule has 1 aliphatic rings. The molecule has 3 rings (SSSR count). The molecule has 1 aromatic carbocycles. The maximum Gasteiger partial charge on any atom is 0.290 e. The molecule has 150 valence electrons. The first-order chi connectivity index (χ1) is 13.5. The molecule has 1 N–H and O–H groups in total. The highest BCUT2D eigenvalue weighted by atomic mass is 32.2. The number of carbonyl (C=O) groups is 1. The minimum absolute atomic E-state index is 0.0547. The van der Waals surface area contributed by atoms with Gasteiger partial charge in [0.05, 0.1) is 5.56 Å². The lowest BCUT2D eigenvalue weighted by Gasteiger charge is -2.39. The van der Waals surface area contributed by atoms with Gasteiger partial charge in [-0.3, -0.25) is 9.69 Å². The molecular weight excluding hydrogens is 382 g/mol. The third-order valence-corrected chi connectivity index (χ3v) is 5.56. The second kappa shape index (κ2) is 9.84. The van der Waals surface area contributed by atoms with Gasteiger partial charge >= 0.3 is 0 Å². The van der Waals surface area contributed by atoms with Crippen molar-refractivity contribution in [3.63, 3.8) is 0 Å². The Balaban J connectivity index is 1.50. The number of para-hydroxylation sites is 1. The van der Waals surface area contributed by atoms with Gasteiger partial charge < -0.3 is 10.2 Å². The molecule has 28 heavy (non-hydrogen) atoms. The van der Waals surface area contributed by atoms with Crippen LogP contribution >= 0.6 is 11.8 Å². The van der Waals surface area contributed by atoms with E-state index in [1.165, 1.54) is 18.0 Å². The van der Waals surface area contributed by atoms with Crippen LogP contribution in [0.2, 0.25) is 0 Å². The minimum atomic E-state index is -2.61. The first kappa shape index (κ1) is 20.5. The number of nitrogens with one attached hydrogen (secondary N) is 1. The summed E-state index contributed by atoms with van der Waals surface area (Å²) in [4.78, 5) is 21.0. The van der Waals surface area contributed by atoms with E-state index in [4.69, 9.17) is 0 Å². The lowest BCUT2D eigenvalue weighted by molar-refractivity contribution is 0.0930. The first-order valence-electron chi connectivity index (χ1n) is 9.26. The van der Waals surface area contributed by atoms with Crippen LogP contribution in [0.4, 0.5) is 14.5 Å². The van der Waals surface area contributed by atoms with Gasteiger partial charge in [-0.15, -0.1) is 0 Å². The molecule has 0 bridgehead atoms. The van der Waals surface area contributed by atoms with E-state index in [1.807, 2.05) is 18.2 Å². The molecule has 8 heteroatoms. The van der Waals surface area contributed by atoms with Gasteiger partial charge in [-0.05, 0) is 43.0 Å². The van der Waals surface area contributed by atoms with Crippen LogP contribution in [0.25, 0.3) is 0 Å². The van der Waals surface area contributed by atoms with E-state index in [1.54, 1.807) is 6.07 Å². The third-order valence-electron chi connectivity index (χ3n) is 4.83. The van der Waals surface area contributed by atoms with Crippen molar-refractivity contribution in [2.24, 2.45) is 0 Å². The van der Waals surface area contributed by atoms with Crippen LogP contribution < -0.4 is 10.2 Å². The normalized spacial score (nSPS) is 16.2. The second-order valence-corrected chi connectivity index (χ2v) is 7.63. The Bertz CT molecular complexity index is 770. The number of carbonyl (C=O) groups excluding carboxylic acids is 1. The molecule has 0 aliphatic carbocycles. The average Bonchev–Trinajstić information content (AvgIpc) is 2.72. The predicted molar refractivity (Wildman–Crippen MR) is 108 cm³/mol. The molecule has 0 radical (unpaired) electrons. The lowest BCUT2D eigenvalue weighted by atomic mass is 10.2. The number of hydrogen-bond donors (Lipinski definition) is 1. The van der Waals surface area contributed by atoms with Crippen molar-refractivity contribution < 1.29 is 13.6 Å². The van der Waals surface area contributed by atoms with Gasteiger partial charge in [0.15, 0.2) is 0 Å². The van der Waals surface area contributed by atoms with Crippen LogP contribution in [0.15, 0.2) is 53.7 Å². The Morgan fingerprint density at radius 3 is 2.54 bits per heavy atom. The summed E-state index contributed by atoms with van der Waals surface area (Å²) >= 11 is 0.293. The van der Waals surface area contributed by atoms with E-state index < -0.39 is 5.76 Å². The third kappa shape index (κ3) is 5.42. The molecule has 1 aromatic heterocycles. The standard InChI is InChI=1S/C20H24F2N4OS/c1-15(25-10-12-26(13-11-25)16-6-3-2-4-7-16)14-24-18(27)17-8-5-9-23-19(17)28-20(21)22/h2-9,15,20H,10-14H2,1H3,(H,24,27). The molecule has 1 unspecified atom stereocenters. The van der Waals surface area contributed by atoms with Crippen molar-refractivity contribution in [2.75, 3.05) is 37.6 Å². The Kier molecular flexibility index (Phi) is 7.22. The molecule has 1 atom stereocenters. The lowest BCUT2D eigenvalue weighted by Crippen LogP contribution is -2.52. The molecular formula is C20H24F2N4OS. The summed E-state index contributed by atoms with van der Waals surface area (Å²) in [5, 5.41) is 2.91. The summed E-state index contributed by atoms with van der Waals surface area (Å²) in [5.74, 6) is -2.98. The topological polar surface area (TPSA) is 48.5 Å². The number of alkyl halides is 2. The van der Waals surface area contributed by atoms with E-state index in [0.29, 0.717) is 18.3 Å². The van der Waals surface area contributed by atoms with Crippen LogP contribution in [0.1, 0.15) is 17.3 Å². The van der Waals surface area contributed by atoms with Gasteiger partial charge in [0, 0.05) is 50.6 Å². The Hall–Kier alpha value is -2.19. The van der Waals surface area contributed by atoms with Crippen molar-refractivity contribution in [3.8, 4) is 0 Å². The van der Waals surface area contributed by atoms with Gasteiger partial charge in [-0.2, -0.15) is 8.78 Å². The Morgan fingerprint density at radius 1 is 1.14 bits per heavy atom. The number of pyridine rings is 1. The molecule has 0 saturated carbocycles. The average molecular weight is 407 g/mol. The zero-order valence-electron chi connectivity index (χ0n) is 15.7. The minimum Gasteiger partial charge on any atom is -0.369 e. The largest absolute Gasteiger partial charge is 0.369 e. The van der Waals surface area contributed by atoms with Crippen LogP contribution in [-0.2, 0) is 0 Å². The number of aromatic nitrogens is 1. The van der Waals surface area contributed by atoms with Crippen molar-refractivity contribution >= 4 is 23.4 Å². The first-order valence-corrected chi connectivity index (χ1v) is 10.1. The van der Waals surface area contributed by atoms with Crippen LogP contribution in [0.3, 0.4) is 0 Å². The van der Waals surface area contributed by atoms with Crippen LogP contribution in [0.5, 0.6) is 0 Å². The number of halogens is 2. The Labute approximate surface area is 168 Å². The quantitative estimate of drug-likeness (QED) is 0.715. The molecule has 1 aliphatic heterocycles. The van der Waals surface area contributed by atoms with E-state index >= 15 is 0 Å². The van der Waals surface area contributed by atoms with Crippen LogP contribution in [0, 0.1) is 0 Å². The number of benzene rings is 1. The van der Waals surface area contributed by atoms with E-state index in [0.717, 1.165) is 26.2 Å². The van der Waals surface area contributed by atoms with E-state index in [9.17, 15) is 13.6 Å². The summed E-state index contributed by atoms with van der Waals surface area (Å²) < 4.78 is 25.3. The van der Waals surface area contributed by atoms with Crippen LogP contribution in [-0.4, -0.2) is 60.3 Å². The van der Waals surface area contributed by atoms with Crippen molar-refractivity contribution in [1.82, 2.24) is 15.2 Å². The highest BCUT2D eigenvalue weighted by Gasteiger charge is 2.22. The molecule has 2 aromatic rings. The van der Waals surface area contributed by atoms with Gasteiger partial charge in [-0.25, -0.2) is 4.98 Å². The molecule has 5 nitrogen and oxygen atoms in total. The predicted octanol–water partition coefficient (Wildman–Crippen LogP) is 3.34. The smallest absolute Gasteiger partial charge is 0.290 e. The molecule has 0 spiro atoms. The summed E-state index contributed by atoms with van der Waals surface area (Å²) in [6, 6.07) is 13.6. The van der Waals surface area contributed by atoms with Gasteiger partial charge in [0.25, 0.3) is 11.7 Å². The number of thioether (sulfide) groups is 1. The summed E-state index contributed by atoms with van der Waals surface area (Å²) in [6.07, 6.45) is 1.41. The maximum atomic E-state index is 12.7. The van der Waals surface area contributed by atoms with E-state index in [2.05, 4.69) is 39.2 Å². The van der Waals surface area contributed by atoms with Gasteiger partial charge in [-0.1, -0.05) is 18.2 Å². The van der Waals surface area contributed by atoms with Crippen molar-refractivity contribution in [3.05, 3.63) is 54.2 Å².